The number of nitrogens with zero attached hydrogens (tertiary/aromatic N) is 1. The molecule has 0 aliphatic rings. The van der Waals surface area contributed by atoms with Gasteiger partial charge in [0.1, 0.15) is 11.3 Å². The first-order chi connectivity index (χ1) is 8.63. The summed E-state index contributed by atoms with van der Waals surface area (Å²) in [5.41, 5.74) is 2.59. The summed E-state index contributed by atoms with van der Waals surface area (Å²) in [7, 11) is 1.59. The van der Waals surface area contributed by atoms with Gasteiger partial charge in [0.25, 0.3) is 0 Å². The molecule has 18 heavy (non-hydrogen) atoms. The highest BCUT2D eigenvalue weighted by molar-refractivity contribution is 5.97. The molecule has 92 valence electrons. The van der Waals surface area contributed by atoms with Gasteiger partial charge in [-0.1, -0.05) is 6.07 Å². The van der Waals surface area contributed by atoms with Gasteiger partial charge in [0.2, 0.25) is 0 Å². The Hall–Kier alpha value is -2.36. The molecule has 0 spiro atoms. The third-order valence-electron chi connectivity index (χ3n) is 2.72. The lowest BCUT2D eigenvalue weighted by Gasteiger charge is -2.09. The zero-order valence-electron chi connectivity index (χ0n) is 10.2. The van der Waals surface area contributed by atoms with Crippen LogP contribution in [0.4, 0.5) is 0 Å². The average molecular weight is 243 g/mol. The Morgan fingerprint density at radius 3 is 2.83 bits per heavy atom. The van der Waals surface area contributed by atoms with Crippen molar-refractivity contribution in [3.05, 3.63) is 41.6 Å². The van der Waals surface area contributed by atoms with Crippen LogP contribution in [0, 0.1) is 6.92 Å². The molecule has 0 aliphatic heterocycles. The van der Waals surface area contributed by atoms with Crippen LogP contribution in [0.15, 0.2) is 30.5 Å². The molecule has 4 heteroatoms. The number of carboxylic acid groups (broad SMARTS) is 1. The largest absolute Gasteiger partial charge is 0.494 e. The first-order valence-corrected chi connectivity index (χ1v) is 5.47. The molecule has 2 aromatic rings. The Labute approximate surface area is 105 Å². The molecule has 0 saturated heterocycles. The maximum Gasteiger partial charge on any atom is 0.328 e. The summed E-state index contributed by atoms with van der Waals surface area (Å²) in [4.78, 5) is 14.9. The van der Waals surface area contributed by atoms with Crippen molar-refractivity contribution >= 4 is 22.9 Å². The minimum atomic E-state index is -0.972. The van der Waals surface area contributed by atoms with Gasteiger partial charge in [-0.2, -0.15) is 0 Å². The van der Waals surface area contributed by atoms with Gasteiger partial charge in [0.05, 0.1) is 7.11 Å². The van der Waals surface area contributed by atoms with Crippen molar-refractivity contribution in [2.24, 2.45) is 0 Å². The van der Waals surface area contributed by atoms with Crippen LogP contribution >= 0.6 is 0 Å². The van der Waals surface area contributed by atoms with Crippen molar-refractivity contribution in [3.63, 3.8) is 0 Å². The van der Waals surface area contributed by atoms with E-state index in [2.05, 4.69) is 4.98 Å². The number of rotatable bonds is 3. The van der Waals surface area contributed by atoms with Crippen LogP contribution < -0.4 is 4.74 Å². The number of pyridine rings is 1. The van der Waals surface area contributed by atoms with Gasteiger partial charge in [0.15, 0.2) is 0 Å². The van der Waals surface area contributed by atoms with Gasteiger partial charge in [0, 0.05) is 17.7 Å². The number of carbonyl (C=O) groups is 1. The van der Waals surface area contributed by atoms with E-state index in [1.807, 2.05) is 19.1 Å². The van der Waals surface area contributed by atoms with Gasteiger partial charge in [-0.15, -0.1) is 0 Å². The van der Waals surface area contributed by atoms with Gasteiger partial charge in [-0.05, 0) is 36.3 Å². The number of aromatic nitrogens is 1. The fourth-order valence-electron chi connectivity index (χ4n) is 1.90. The number of carboxylic acids is 1. The zero-order chi connectivity index (χ0) is 13.1. The topological polar surface area (TPSA) is 59.4 Å². The van der Waals surface area contributed by atoms with Crippen molar-refractivity contribution in [2.75, 3.05) is 7.11 Å². The van der Waals surface area contributed by atoms with Crippen molar-refractivity contribution in [2.45, 2.75) is 6.92 Å². The first-order valence-electron chi connectivity index (χ1n) is 5.47. The molecule has 0 atom stereocenters. The second-order valence-corrected chi connectivity index (χ2v) is 3.88. The quantitative estimate of drug-likeness (QED) is 0.842. The molecule has 4 nitrogen and oxygen atoms in total. The lowest BCUT2D eigenvalue weighted by Crippen LogP contribution is -1.92. The summed E-state index contributed by atoms with van der Waals surface area (Å²) in [5, 5.41) is 9.60. The van der Waals surface area contributed by atoms with Crippen molar-refractivity contribution in [1.29, 1.82) is 0 Å². The maximum atomic E-state index is 10.6. The average Bonchev–Trinajstić information content (AvgIpc) is 2.36. The number of fused-ring (bicyclic) bond motifs is 1. The minimum absolute atomic E-state index is 0.682. The van der Waals surface area contributed by atoms with Crippen LogP contribution in [-0.2, 0) is 4.79 Å². The highest BCUT2D eigenvalue weighted by Gasteiger charge is 2.08. The Kier molecular flexibility index (Phi) is 3.28. The number of benzene rings is 1. The summed E-state index contributed by atoms with van der Waals surface area (Å²) < 4.78 is 5.26. The second kappa shape index (κ2) is 4.87. The molecule has 1 N–H and O–H groups in total. The van der Waals surface area contributed by atoms with Crippen LogP contribution in [0.2, 0.25) is 0 Å². The summed E-state index contributed by atoms with van der Waals surface area (Å²) in [6.07, 6.45) is 4.40. The summed E-state index contributed by atoms with van der Waals surface area (Å²) in [6.45, 7) is 1.96. The summed E-state index contributed by atoms with van der Waals surface area (Å²) in [6, 6.07) is 5.51. The van der Waals surface area contributed by atoms with Gasteiger partial charge < -0.3 is 9.84 Å². The van der Waals surface area contributed by atoms with E-state index in [4.69, 9.17) is 9.84 Å². The van der Waals surface area contributed by atoms with E-state index in [0.717, 1.165) is 28.1 Å². The van der Waals surface area contributed by atoms with Gasteiger partial charge in [-0.25, -0.2) is 4.79 Å². The van der Waals surface area contributed by atoms with E-state index >= 15 is 0 Å². The molecule has 0 radical (unpaired) electrons. The molecule has 1 aromatic carbocycles. The molecule has 0 saturated carbocycles. The maximum absolute atomic E-state index is 10.6. The predicted octanol–water partition coefficient (Wildman–Crippen LogP) is 2.65. The molecule has 0 bridgehead atoms. The number of methoxy groups -OCH3 is 1. The minimum Gasteiger partial charge on any atom is -0.494 e. The Morgan fingerprint density at radius 1 is 1.39 bits per heavy atom. The Balaban J connectivity index is 2.72. The first kappa shape index (κ1) is 12.1. The molecule has 0 fully saturated rings. The van der Waals surface area contributed by atoms with Crippen LogP contribution in [0.3, 0.4) is 0 Å². The third kappa shape index (κ3) is 2.18. The van der Waals surface area contributed by atoms with Crippen LogP contribution in [0.5, 0.6) is 5.75 Å². The standard InChI is InChI=1S/C14H13NO3/c1-9-7-8-15-14-11(18-2)5-3-10(13(9)14)4-6-12(16)17/h3-8H,1-2H3,(H,16,17)/b6-4+. The SMILES string of the molecule is COc1ccc(/C=C/C(=O)O)c2c(C)ccnc12. The smallest absolute Gasteiger partial charge is 0.328 e. The predicted molar refractivity (Wildman–Crippen MR) is 69.7 cm³/mol. The molecule has 2 rings (SSSR count). The van der Waals surface area contributed by atoms with E-state index in [-0.39, 0.29) is 0 Å². The zero-order valence-corrected chi connectivity index (χ0v) is 10.2. The van der Waals surface area contributed by atoms with Crippen LogP contribution in [-0.4, -0.2) is 23.2 Å². The number of aryl methyl sites for hydroxylation is 1. The highest BCUT2D eigenvalue weighted by Crippen LogP contribution is 2.29. The molecular weight excluding hydrogens is 230 g/mol. The van der Waals surface area contributed by atoms with E-state index < -0.39 is 5.97 Å². The molecule has 1 aromatic heterocycles. The van der Waals surface area contributed by atoms with Crippen molar-refractivity contribution in [3.8, 4) is 5.75 Å². The molecular formula is C14H13NO3. The van der Waals surface area contributed by atoms with E-state index in [1.54, 1.807) is 25.4 Å². The number of aliphatic carboxylic acids is 1. The lowest BCUT2D eigenvalue weighted by atomic mass is 10.0. The number of hydrogen-bond acceptors (Lipinski definition) is 3. The Morgan fingerprint density at radius 2 is 2.17 bits per heavy atom. The third-order valence-corrected chi connectivity index (χ3v) is 2.72. The monoisotopic (exact) mass is 243 g/mol. The highest BCUT2D eigenvalue weighted by atomic mass is 16.5. The van der Waals surface area contributed by atoms with Crippen LogP contribution in [0.25, 0.3) is 17.0 Å². The number of hydrogen-bond donors (Lipinski definition) is 1. The molecule has 0 aliphatic carbocycles. The fraction of sp³-hybridized carbons (Fsp3) is 0.143. The van der Waals surface area contributed by atoms with E-state index in [1.165, 1.54) is 0 Å². The summed E-state index contributed by atoms with van der Waals surface area (Å²) in [5.74, 6) is -0.290. The normalized spacial score (nSPS) is 11.0. The number of ether oxygens (including phenoxy) is 1. The van der Waals surface area contributed by atoms with Crippen molar-refractivity contribution < 1.29 is 14.6 Å². The van der Waals surface area contributed by atoms with Crippen LogP contribution in [0.1, 0.15) is 11.1 Å². The van der Waals surface area contributed by atoms with E-state index in [9.17, 15) is 4.79 Å². The molecule has 1 heterocycles. The van der Waals surface area contributed by atoms with Gasteiger partial charge in [-0.3, -0.25) is 4.98 Å². The fourth-order valence-corrected chi connectivity index (χ4v) is 1.90. The van der Waals surface area contributed by atoms with Gasteiger partial charge >= 0.3 is 5.97 Å². The van der Waals surface area contributed by atoms with E-state index in [0.29, 0.717) is 5.75 Å². The van der Waals surface area contributed by atoms with Crippen molar-refractivity contribution in [1.82, 2.24) is 4.98 Å². The molecule has 0 unspecified atom stereocenters. The summed E-state index contributed by atoms with van der Waals surface area (Å²) >= 11 is 0. The molecule has 0 amide bonds. The second-order valence-electron chi connectivity index (χ2n) is 3.88. The lowest BCUT2D eigenvalue weighted by molar-refractivity contribution is -0.131. The Bertz CT molecular complexity index is 632.